The third kappa shape index (κ3) is 3.26. The minimum Gasteiger partial charge on any atom is -0.454 e. The second-order valence-corrected chi connectivity index (χ2v) is 9.93. The molecule has 9 nitrogen and oxygen atoms in total. The van der Waals surface area contributed by atoms with Crippen molar-refractivity contribution in [2.24, 2.45) is 23.7 Å². The highest BCUT2D eigenvalue weighted by atomic mass is 16.8. The predicted octanol–water partition coefficient (Wildman–Crippen LogP) is 3.18. The highest BCUT2D eigenvalue weighted by molar-refractivity contribution is 5.46. The van der Waals surface area contributed by atoms with Gasteiger partial charge < -0.3 is 42.6 Å². The van der Waals surface area contributed by atoms with Crippen LogP contribution in [-0.2, 0) is 23.7 Å². The van der Waals surface area contributed by atoms with Crippen LogP contribution in [-0.4, -0.2) is 52.6 Å². The van der Waals surface area contributed by atoms with Crippen molar-refractivity contribution >= 4 is 0 Å². The van der Waals surface area contributed by atoms with Crippen molar-refractivity contribution in [1.82, 2.24) is 0 Å². The van der Waals surface area contributed by atoms with E-state index in [-0.39, 0.29) is 62.0 Å². The molecular formula is C26H26O9. The highest BCUT2D eigenvalue weighted by Crippen LogP contribution is 2.50. The van der Waals surface area contributed by atoms with Crippen LogP contribution in [0.25, 0.3) is 0 Å². The summed E-state index contributed by atoms with van der Waals surface area (Å²) in [4.78, 5) is 0. The highest BCUT2D eigenvalue weighted by Gasteiger charge is 2.53. The molecule has 6 heterocycles. The summed E-state index contributed by atoms with van der Waals surface area (Å²) < 4.78 is 53.1. The molecule has 184 valence electrons. The fraction of sp³-hybridized carbons (Fsp3) is 0.538. The van der Waals surface area contributed by atoms with E-state index in [1.54, 1.807) is 0 Å². The van der Waals surface area contributed by atoms with Gasteiger partial charge in [0.1, 0.15) is 0 Å². The van der Waals surface area contributed by atoms with E-state index >= 15 is 0 Å². The lowest BCUT2D eigenvalue weighted by atomic mass is 9.88. The molecule has 0 bridgehead atoms. The van der Waals surface area contributed by atoms with E-state index < -0.39 is 0 Å². The molecule has 0 amide bonds. The molecule has 9 heteroatoms. The fourth-order valence-corrected chi connectivity index (χ4v) is 6.29. The lowest BCUT2D eigenvalue weighted by molar-refractivity contribution is -0.242. The Balaban J connectivity index is 0.942. The Kier molecular flexibility index (Phi) is 4.70. The summed E-state index contributed by atoms with van der Waals surface area (Å²) in [6, 6.07) is 12.0. The SMILES string of the molecule is c1cc2c(cc1[C@H]1OC[C@@H]3[C@@H](O[C@@H]4OC[C@@H]5[C@H]4CO[C@H]5c4ccc5c(c4)OCO5)OC[C@@H]31)OCO2. The lowest BCUT2D eigenvalue weighted by Gasteiger charge is -2.23. The molecule has 2 aromatic carbocycles. The molecule has 0 unspecified atom stereocenters. The number of fused-ring (bicyclic) bond motifs is 4. The molecule has 4 saturated heterocycles. The first-order valence-electron chi connectivity index (χ1n) is 12.2. The molecule has 4 fully saturated rings. The van der Waals surface area contributed by atoms with Gasteiger partial charge in [-0.25, -0.2) is 0 Å². The van der Waals surface area contributed by atoms with Gasteiger partial charge in [0.25, 0.3) is 0 Å². The van der Waals surface area contributed by atoms with Gasteiger partial charge in [-0.05, 0) is 35.4 Å². The molecule has 35 heavy (non-hydrogen) atoms. The van der Waals surface area contributed by atoms with E-state index in [0.717, 1.165) is 34.1 Å². The smallest absolute Gasteiger partial charge is 0.231 e. The summed E-state index contributed by atoms with van der Waals surface area (Å²) in [5.41, 5.74) is 2.16. The van der Waals surface area contributed by atoms with Gasteiger partial charge in [-0.15, -0.1) is 0 Å². The zero-order valence-electron chi connectivity index (χ0n) is 19.0. The monoisotopic (exact) mass is 482 g/mol. The van der Waals surface area contributed by atoms with E-state index in [2.05, 4.69) is 0 Å². The van der Waals surface area contributed by atoms with Gasteiger partial charge >= 0.3 is 0 Å². The number of hydrogen-bond donors (Lipinski definition) is 0. The van der Waals surface area contributed by atoms with E-state index in [4.69, 9.17) is 42.6 Å². The van der Waals surface area contributed by atoms with Crippen molar-refractivity contribution < 1.29 is 42.6 Å². The maximum atomic E-state index is 6.42. The second-order valence-electron chi connectivity index (χ2n) is 9.93. The van der Waals surface area contributed by atoms with Gasteiger partial charge in [0.2, 0.25) is 13.6 Å². The topological polar surface area (TPSA) is 83.1 Å². The van der Waals surface area contributed by atoms with Crippen LogP contribution in [0.4, 0.5) is 0 Å². The summed E-state index contributed by atoms with van der Waals surface area (Å²) in [6.45, 7) is 2.88. The normalized spacial score (nSPS) is 38.2. The maximum Gasteiger partial charge on any atom is 0.231 e. The molecule has 0 radical (unpaired) electrons. The van der Waals surface area contributed by atoms with Gasteiger partial charge in [0.05, 0.1) is 38.6 Å². The molecule has 8 rings (SSSR count). The van der Waals surface area contributed by atoms with Gasteiger partial charge in [0.15, 0.2) is 35.6 Å². The minimum absolute atomic E-state index is 0.0504. The number of ether oxygens (including phenoxy) is 9. The molecule has 0 N–H and O–H groups in total. The maximum absolute atomic E-state index is 6.42. The molecule has 8 atom stereocenters. The largest absolute Gasteiger partial charge is 0.454 e. The van der Waals surface area contributed by atoms with Crippen LogP contribution in [0.5, 0.6) is 23.0 Å². The first-order valence-corrected chi connectivity index (χ1v) is 12.2. The van der Waals surface area contributed by atoms with Crippen molar-refractivity contribution in [2.75, 3.05) is 40.0 Å². The van der Waals surface area contributed by atoms with Crippen LogP contribution in [0.1, 0.15) is 23.3 Å². The number of rotatable bonds is 4. The predicted molar refractivity (Wildman–Crippen MR) is 117 cm³/mol. The summed E-state index contributed by atoms with van der Waals surface area (Å²) in [7, 11) is 0. The van der Waals surface area contributed by atoms with Gasteiger partial charge in [-0.1, -0.05) is 12.1 Å². The van der Waals surface area contributed by atoms with Crippen molar-refractivity contribution in [3.8, 4) is 23.0 Å². The van der Waals surface area contributed by atoms with Crippen LogP contribution >= 0.6 is 0 Å². The quantitative estimate of drug-likeness (QED) is 0.653. The molecule has 2 aromatic rings. The summed E-state index contributed by atoms with van der Waals surface area (Å²) in [6.07, 6.45) is -0.809. The Hall–Kier alpha value is -2.56. The summed E-state index contributed by atoms with van der Waals surface area (Å²) >= 11 is 0. The molecule has 0 spiro atoms. The van der Waals surface area contributed by atoms with Crippen molar-refractivity contribution in [1.29, 1.82) is 0 Å². The summed E-state index contributed by atoms with van der Waals surface area (Å²) in [5, 5.41) is 0. The minimum atomic E-state index is -0.354. The van der Waals surface area contributed by atoms with Crippen LogP contribution in [0.3, 0.4) is 0 Å². The first kappa shape index (κ1) is 20.6. The van der Waals surface area contributed by atoms with Crippen molar-refractivity contribution in [2.45, 2.75) is 24.8 Å². The first-order chi connectivity index (χ1) is 17.3. The standard InChI is InChI=1S/C26H26O9/c1-3-19-21(33-11-31-19)5-13(1)23-15-7-29-25(17(15)9-27-23)35-26-18-10-28-24(16(18)8-30-26)14-2-4-20-22(6-14)34-12-32-20/h1-6,15-18,23-26H,7-12H2/t15-,16+,17-,18+,23+,24-,25+,26-. The molecule has 6 aliphatic heterocycles. The average Bonchev–Trinajstić information content (AvgIpc) is 3.70. The van der Waals surface area contributed by atoms with E-state index in [0.29, 0.717) is 26.4 Å². The Bertz CT molecular complexity index is 1050. The molecular weight excluding hydrogens is 456 g/mol. The van der Waals surface area contributed by atoms with Crippen molar-refractivity contribution in [3.05, 3.63) is 47.5 Å². The Morgan fingerprint density at radius 3 is 1.49 bits per heavy atom. The van der Waals surface area contributed by atoms with Gasteiger partial charge in [0, 0.05) is 23.7 Å². The lowest BCUT2D eigenvalue weighted by Crippen LogP contribution is -2.32. The van der Waals surface area contributed by atoms with Crippen LogP contribution < -0.4 is 18.9 Å². The third-order valence-corrected chi connectivity index (χ3v) is 8.14. The molecule has 6 aliphatic rings. The van der Waals surface area contributed by atoms with Gasteiger partial charge in [-0.3, -0.25) is 0 Å². The Morgan fingerprint density at radius 1 is 0.514 bits per heavy atom. The second kappa shape index (κ2) is 7.97. The van der Waals surface area contributed by atoms with Crippen molar-refractivity contribution in [3.63, 3.8) is 0 Å². The molecule has 0 aromatic heterocycles. The van der Waals surface area contributed by atoms with Crippen LogP contribution in [0.15, 0.2) is 36.4 Å². The molecule has 0 aliphatic carbocycles. The number of benzene rings is 2. The van der Waals surface area contributed by atoms with E-state index in [9.17, 15) is 0 Å². The summed E-state index contributed by atoms with van der Waals surface area (Å²) in [5.74, 6) is 3.84. The fourth-order valence-electron chi connectivity index (χ4n) is 6.29. The zero-order valence-corrected chi connectivity index (χ0v) is 19.0. The van der Waals surface area contributed by atoms with Gasteiger partial charge in [-0.2, -0.15) is 0 Å². The van der Waals surface area contributed by atoms with Crippen LogP contribution in [0.2, 0.25) is 0 Å². The molecule has 0 saturated carbocycles. The van der Waals surface area contributed by atoms with Crippen LogP contribution in [0, 0.1) is 23.7 Å². The Morgan fingerprint density at radius 2 is 0.971 bits per heavy atom. The van der Waals surface area contributed by atoms with E-state index in [1.165, 1.54) is 0 Å². The average molecular weight is 482 g/mol. The Labute approximate surface area is 202 Å². The zero-order chi connectivity index (χ0) is 22.9. The number of hydrogen-bond acceptors (Lipinski definition) is 9. The van der Waals surface area contributed by atoms with E-state index in [1.807, 2.05) is 36.4 Å². The third-order valence-electron chi connectivity index (χ3n) is 8.14.